The van der Waals surface area contributed by atoms with Crippen LogP contribution in [0.1, 0.15) is 23.6 Å². The maximum Gasteiger partial charge on any atom is 0.262 e. The molecule has 7 nitrogen and oxygen atoms in total. The summed E-state index contributed by atoms with van der Waals surface area (Å²) in [7, 11) is 3.09. The molecule has 0 aliphatic rings. The number of nitriles is 1. The van der Waals surface area contributed by atoms with E-state index in [2.05, 4.69) is 27.3 Å². The molecule has 3 aromatic rings. The molecule has 0 spiro atoms. The van der Waals surface area contributed by atoms with E-state index in [9.17, 15) is 10.1 Å². The molecule has 3 rings (SSSR count). The number of carbonyl (C=O) groups is 1. The topological polar surface area (TPSA) is 89.8 Å². The number of nitrogens with one attached hydrogen (secondary N) is 1. The van der Waals surface area contributed by atoms with Gasteiger partial charge in [-0.3, -0.25) is 4.79 Å². The smallest absolute Gasteiger partial charge is 0.262 e. The Bertz CT molecular complexity index is 1370. The molecule has 0 aliphatic heterocycles. The zero-order chi connectivity index (χ0) is 26.9. The molecule has 0 saturated heterocycles. The molecule has 0 saturated carbocycles. The van der Waals surface area contributed by atoms with E-state index in [1.54, 1.807) is 55.7 Å². The zero-order valence-electron chi connectivity index (χ0n) is 20.9. The predicted molar refractivity (Wildman–Crippen MR) is 149 cm³/mol. The second-order valence-electron chi connectivity index (χ2n) is 7.80. The number of benzene rings is 3. The summed E-state index contributed by atoms with van der Waals surface area (Å²) in [4.78, 5) is 12.5. The van der Waals surface area contributed by atoms with Crippen LogP contribution in [-0.4, -0.2) is 33.3 Å². The molecule has 0 aliphatic carbocycles. The first-order chi connectivity index (χ1) is 17.8. The Balaban J connectivity index is 1.84. The van der Waals surface area contributed by atoms with E-state index in [4.69, 9.17) is 30.5 Å². The number of halogens is 2. The normalized spacial score (nSPS) is 10.9. The molecule has 9 heteroatoms. The average molecular weight is 586 g/mol. The highest BCUT2D eigenvalue weighted by Gasteiger charge is 2.15. The third-order valence-electron chi connectivity index (χ3n) is 5.26. The second kappa shape index (κ2) is 13.0. The highest BCUT2D eigenvalue weighted by atomic mass is 79.9. The number of methoxy groups -OCH3 is 2. The first kappa shape index (κ1) is 27.9. The molecular weight excluding hydrogens is 560 g/mol. The fourth-order valence-corrected chi connectivity index (χ4v) is 4.18. The lowest BCUT2D eigenvalue weighted by atomic mass is 10.0. The van der Waals surface area contributed by atoms with Crippen LogP contribution in [0.15, 0.2) is 53.0 Å². The van der Waals surface area contributed by atoms with Crippen LogP contribution in [0.3, 0.4) is 0 Å². The molecule has 192 valence electrons. The van der Waals surface area contributed by atoms with E-state index in [-0.39, 0.29) is 12.5 Å². The first-order valence-electron chi connectivity index (χ1n) is 11.3. The fraction of sp³-hybridized carbons (Fsp3) is 0.214. The van der Waals surface area contributed by atoms with E-state index >= 15 is 0 Å². The third-order valence-corrected chi connectivity index (χ3v) is 6.26. The number of hydrogen-bond acceptors (Lipinski definition) is 6. The zero-order valence-corrected chi connectivity index (χ0v) is 23.2. The molecule has 0 unspecified atom stereocenters. The number of aryl methyl sites for hydroxylation is 1. The summed E-state index contributed by atoms with van der Waals surface area (Å²) in [5.74, 6) is 1.55. The van der Waals surface area contributed by atoms with Gasteiger partial charge in [-0.1, -0.05) is 17.7 Å². The summed E-state index contributed by atoms with van der Waals surface area (Å²) >= 11 is 9.64. The average Bonchev–Trinajstić information content (AvgIpc) is 2.88. The van der Waals surface area contributed by atoms with E-state index in [0.29, 0.717) is 61.5 Å². The number of amides is 1. The minimum Gasteiger partial charge on any atom is -0.493 e. The van der Waals surface area contributed by atoms with Crippen molar-refractivity contribution in [2.24, 2.45) is 0 Å². The summed E-state index contributed by atoms with van der Waals surface area (Å²) in [6, 6.07) is 16.3. The van der Waals surface area contributed by atoms with Crippen LogP contribution in [-0.2, 0) is 4.79 Å². The number of nitrogens with zero attached hydrogens (tertiary/aromatic N) is 1. The number of allylic oxidation sites excluding steroid dienone is 1. The fourth-order valence-electron chi connectivity index (χ4n) is 3.43. The summed E-state index contributed by atoms with van der Waals surface area (Å²) in [6.07, 6.45) is 1.73. The van der Waals surface area contributed by atoms with Crippen molar-refractivity contribution in [2.45, 2.75) is 13.8 Å². The summed E-state index contributed by atoms with van der Waals surface area (Å²) in [5, 5.41) is 13.1. The highest BCUT2D eigenvalue weighted by Crippen LogP contribution is 2.38. The molecule has 0 bridgehead atoms. The van der Waals surface area contributed by atoms with E-state index in [1.165, 1.54) is 7.11 Å². The van der Waals surface area contributed by atoms with Crippen molar-refractivity contribution in [1.29, 1.82) is 5.26 Å². The van der Waals surface area contributed by atoms with Gasteiger partial charge in [-0.25, -0.2) is 0 Å². The van der Waals surface area contributed by atoms with Crippen LogP contribution in [0, 0.1) is 18.3 Å². The van der Waals surface area contributed by atoms with Crippen molar-refractivity contribution < 1.29 is 23.7 Å². The van der Waals surface area contributed by atoms with Gasteiger partial charge >= 0.3 is 0 Å². The quantitative estimate of drug-likeness (QED) is 0.205. The molecule has 1 N–H and O–H groups in total. The Kier molecular flexibility index (Phi) is 9.84. The largest absolute Gasteiger partial charge is 0.493 e. The highest BCUT2D eigenvalue weighted by molar-refractivity contribution is 9.10. The molecule has 3 aromatic carbocycles. The Morgan fingerprint density at radius 2 is 1.81 bits per heavy atom. The molecule has 0 fully saturated rings. The summed E-state index contributed by atoms with van der Waals surface area (Å²) < 4.78 is 22.8. The molecule has 0 heterocycles. The Hall–Kier alpha value is -3.67. The van der Waals surface area contributed by atoms with Gasteiger partial charge in [-0.2, -0.15) is 5.26 Å². The lowest BCUT2D eigenvalue weighted by molar-refractivity contribution is -0.118. The van der Waals surface area contributed by atoms with Crippen LogP contribution < -0.4 is 24.3 Å². The van der Waals surface area contributed by atoms with Gasteiger partial charge in [0.25, 0.3) is 5.91 Å². The van der Waals surface area contributed by atoms with Crippen LogP contribution in [0.2, 0.25) is 5.02 Å². The van der Waals surface area contributed by atoms with Gasteiger partial charge in [0.15, 0.2) is 29.6 Å². The predicted octanol–water partition coefficient (Wildman–Crippen LogP) is 6.91. The van der Waals surface area contributed by atoms with Crippen molar-refractivity contribution in [3.8, 4) is 29.1 Å². The van der Waals surface area contributed by atoms with E-state index in [0.717, 1.165) is 5.56 Å². The summed E-state index contributed by atoms with van der Waals surface area (Å²) in [6.45, 7) is 3.87. The molecular formula is C28H26BrClN2O5. The van der Waals surface area contributed by atoms with E-state index in [1.807, 2.05) is 19.9 Å². The van der Waals surface area contributed by atoms with Crippen LogP contribution >= 0.6 is 27.5 Å². The molecule has 0 aromatic heterocycles. The third kappa shape index (κ3) is 7.19. The lowest BCUT2D eigenvalue weighted by Gasteiger charge is -2.15. The Morgan fingerprint density at radius 1 is 1.05 bits per heavy atom. The minimum absolute atomic E-state index is 0.242. The second-order valence-corrected chi connectivity index (χ2v) is 9.06. The lowest BCUT2D eigenvalue weighted by Crippen LogP contribution is -2.20. The maximum atomic E-state index is 12.5. The summed E-state index contributed by atoms with van der Waals surface area (Å²) in [5.41, 5.74) is 3.28. The van der Waals surface area contributed by atoms with Gasteiger partial charge < -0.3 is 24.3 Å². The van der Waals surface area contributed by atoms with Gasteiger partial charge in [0.1, 0.15) is 0 Å². The molecule has 0 atom stereocenters. The SMILES string of the molecule is CCOc1cc(/C=C(\C#N)c2ccc(OC)c(OC)c2)cc(Br)c1OCC(=O)Nc1ccc(C)c(Cl)c1. The number of ether oxygens (including phenoxy) is 4. The number of carbonyl (C=O) groups excluding carboxylic acids is 1. The van der Waals surface area contributed by atoms with Crippen LogP contribution in [0.25, 0.3) is 11.6 Å². The Labute approximate surface area is 229 Å². The van der Waals surface area contributed by atoms with Gasteiger partial charge in [-0.05, 0) is 95.0 Å². The van der Waals surface area contributed by atoms with Gasteiger partial charge in [-0.15, -0.1) is 0 Å². The van der Waals surface area contributed by atoms with Crippen molar-refractivity contribution in [3.63, 3.8) is 0 Å². The van der Waals surface area contributed by atoms with Crippen molar-refractivity contribution in [2.75, 3.05) is 32.8 Å². The van der Waals surface area contributed by atoms with E-state index < -0.39 is 0 Å². The first-order valence-corrected chi connectivity index (χ1v) is 12.5. The Morgan fingerprint density at radius 3 is 2.46 bits per heavy atom. The molecule has 1 amide bonds. The van der Waals surface area contributed by atoms with Gasteiger partial charge in [0.2, 0.25) is 0 Å². The molecule has 0 radical (unpaired) electrons. The maximum absolute atomic E-state index is 12.5. The van der Waals surface area contributed by atoms with Crippen LogP contribution in [0.4, 0.5) is 5.69 Å². The van der Waals surface area contributed by atoms with Crippen molar-refractivity contribution in [3.05, 3.63) is 74.7 Å². The van der Waals surface area contributed by atoms with Crippen molar-refractivity contribution in [1.82, 2.24) is 0 Å². The van der Waals surface area contributed by atoms with Gasteiger partial charge in [0.05, 0.1) is 36.9 Å². The van der Waals surface area contributed by atoms with Gasteiger partial charge in [0, 0.05) is 10.7 Å². The van der Waals surface area contributed by atoms with Crippen molar-refractivity contribution >= 4 is 50.8 Å². The number of rotatable bonds is 10. The number of anilines is 1. The number of hydrogen-bond donors (Lipinski definition) is 1. The van der Waals surface area contributed by atoms with Crippen LogP contribution in [0.5, 0.6) is 23.0 Å². The monoisotopic (exact) mass is 584 g/mol. The minimum atomic E-state index is -0.349. The molecule has 37 heavy (non-hydrogen) atoms. The standard InChI is InChI=1S/C28H26BrClN2O5/c1-5-36-26-12-18(10-20(15-31)19-7-9-24(34-3)25(13-19)35-4)11-22(29)28(26)37-16-27(33)32-21-8-6-17(2)23(30)14-21/h6-14H,5,16H2,1-4H3,(H,32,33)/b20-10+.